The number of hydrogen-bond donors (Lipinski definition) is 1. The second-order valence-electron chi connectivity index (χ2n) is 4.78. The second-order valence-corrected chi connectivity index (χ2v) is 4.78. The van der Waals surface area contributed by atoms with Crippen LogP contribution in [0.2, 0.25) is 0 Å². The first-order valence-electron chi connectivity index (χ1n) is 5.66. The van der Waals surface area contributed by atoms with E-state index in [0.29, 0.717) is 5.41 Å². The first kappa shape index (κ1) is 8.49. The summed E-state index contributed by atoms with van der Waals surface area (Å²) in [5.41, 5.74) is 2.23. The molecule has 1 aromatic carbocycles. The van der Waals surface area contributed by atoms with Gasteiger partial charge in [-0.1, -0.05) is 30.3 Å². The average Bonchev–Trinajstić information content (AvgIpc) is 3.01. The van der Waals surface area contributed by atoms with Gasteiger partial charge in [0.1, 0.15) is 0 Å². The first-order chi connectivity index (χ1) is 6.91. The third-order valence-electron chi connectivity index (χ3n) is 3.98. The molecule has 1 heteroatoms. The first-order valence-corrected chi connectivity index (χ1v) is 5.66. The molecule has 1 saturated heterocycles. The van der Waals surface area contributed by atoms with Crippen LogP contribution in [0.25, 0.3) is 0 Å². The number of piperidine rings is 1. The zero-order valence-electron chi connectivity index (χ0n) is 8.50. The molecule has 0 radical (unpaired) electrons. The average molecular weight is 187 g/mol. The van der Waals surface area contributed by atoms with Gasteiger partial charge in [-0.2, -0.15) is 0 Å². The summed E-state index contributed by atoms with van der Waals surface area (Å²) in [6, 6.07) is 11.0. The Hall–Kier alpha value is -0.820. The molecule has 0 amide bonds. The molecule has 1 spiro atoms. The van der Waals surface area contributed by atoms with Gasteiger partial charge >= 0.3 is 0 Å². The Morgan fingerprint density at radius 1 is 1.07 bits per heavy atom. The quantitative estimate of drug-likeness (QED) is 0.712. The molecule has 1 N–H and O–H groups in total. The summed E-state index contributed by atoms with van der Waals surface area (Å²) in [4.78, 5) is 0. The largest absolute Gasteiger partial charge is 0.316 e. The highest BCUT2D eigenvalue weighted by atomic mass is 14.9. The van der Waals surface area contributed by atoms with Crippen molar-refractivity contribution in [2.75, 3.05) is 13.1 Å². The van der Waals surface area contributed by atoms with E-state index in [1.54, 1.807) is 0 Å². The number of nitrogens with one attached hydrogen (secondary N) is 1. The lowest BCUT2D eigenvalue weighted by Gasteiger charge is -2.32. The summed E-state index contributed by atoms with van der Waals surface area (Å²) in [7, 11) is 0. The van der Waals surface area contributed by atoms with E-state index in [1.807, 2.05) is 0 Å². The normalized spacial score (nSPS) is 29.0. The predicted octanol–water partition coefficient (Wildman–Crippen LogP) is 2.54. The van der Waals surface area contributed by atoms with Crippen LogP contribution in [-0.2, 0) is 0 Å². The Bertz CT molecular complexity index is 313. The van der Waals surface area contributed by atoms with Crippen molar-refractivity contribution in [3.05, 3.63) is 35.9 Å². The van der Waals surface area contributed by atoms with Gasteiger partial charge in [0.05, 0.1) is 0 Å². The van der Waals surface area contributed by atoms with Crippen molar-refractivity contribution < 1.29 is 0 Å². The van der Waals surface area contributed by atoms with Gasteiger partial charge in [-0.15, -0.1) is 0 Å². The molecule has 3 rings (SSSR count). The summed E-state index contributed by atoms with van der Waals surface area (Å²) in [5.74, 6) is 0.775. The molecular formula is C13H17N. The second kappa shape index (κ2) is 3.09. The van der Waals surface area contributed by atoms with E-state index < -0.39 is 0 Å². The van der Waals surface area contributed by atoms with Gasteiger partial charge in [0.15, 0.2) is 0 Å². The lowest BCUT2D eigenvalue weighted by atomic mass is 9.79. The summed E-state index contributed by atoms with van der Waals surface area (Å²) >= 11 is 0. The van der Waals surface area contributed by atoms with Crippen molar-refractivity contribution in [1.82, 2.24) is 5.32 Å². The van der Waals surface area contributed by atoms with Gasteiger partial charge in [0.2, 0.25) is 0 Å². The molecule has 2 fully saturated rings. The third kappa shape index (κ3) is 1.27. The Kier molecular flexibility index (Phi) is 1.88. The fourth-order valence-corrected chi connectivity index (χ4v) is 2.89. The molecule has 1 heterocycles. The topological polar surface area (TPSA) is 12.0 Å². The molecule has 14 heavy (non-hydrogen) atoms. The fraction of sp³-hybridized carbons (Fsp3) is 0.538. The van der Waals surface area contributed by atoms with E-state index in [2.05, 4.69) is 35.6 Å². The summed E-state index contributed by atoms with van der Waals surface area (Å²) in [6.45, 7) is 2.41. The molecule has 74 valence electrons. The molecule has 1 aliphatic carbocycles. The lowest BCUT2D eigenvalue weighted by molar-refractivity contribution is 0.301. The van der Waals surface area contributed by atoms with E-state index >= 15 is 0 Å². The number of rotatable bonds is 1. The van der Waals surface area contributed by atoms with Crippen molar-refractivity contribution in [2.24, 2.45) is 5.41 Å². The van der Waals surface area contributed by atoms with Gasteiger partial charge in [-0.25, -0.2) is 0 Å². The van der Waals surface area contributed by atoms with Crippen molar-refractivity contribution in [3.63, 3.8) is 0 Å². The Labute approximate surface area is 85.5 Å². The van der Waals surface area contributed by atoms with Crippen LogP contribution >= 0.6 is 0 Å². The van der Waals surface area contributed by atoms with Crippen LogP contribution in [-0.4, -0.2) is 13.1 Å². The standard InChI is InChI=1S/C13H17N/c1-2-4-11(5-3-1)12-10-14-9-8-13(12)6-7-13/h1-5,12,14H,6-10H2. The maximum absolute atomic E-state index is 3.53. The molecule has 2 aliphatic rings. The maximum atomic E-state index is 3.53. The van der Waals surface area contributed by atoms with E-state index in [1.165, 1.54) is 37.9 Å². The van der Waals surface area contributed by atoms with Gasteiger partial charge in [0.25, 0.3) is 0 Å². The van der Waals surface area contributed by atoms with Crippen molar-refractivity contribution in [2.45, 2.75) is 25.2 Å². The van der Waals surface area contributed by atoms with Crippen molar-refractivity contribution in [3.8, 4) is 0 Å². The minimum atomic E-state index is 0.687. The number of hydrogen-bond acceptors (Lipinski definition) is 1. The van der Waals surface area contributed by atoms with E-state index in [-0.39, 0.29) is 0 Å². The Morgan fingerprint density at radius 2 is 1.86 bits per heavy atom. The van der Waals surface area contributed by atoms with Crippen LogP contribution in [0.1, 0.15) is 30.7 Å². The summed E-state index contributed by atoms with van der Waals surface area (Å²) < 4.78 is 0. The van der Waals surface area contributed by atoms with E-state index in [0.717, 1.165) is 5.92 Å². The fourth-order valence-electron chi connectivity index (χ4n) is 2.89. The Morgan fingerprint density at radius 3 is 2.57 bits per heavy atom. The van der Waals surface area contributed by atoms with Crippen molar-refractivity contribution in [1.29, 1.82) is 0 Å². The van der Waals surface area contributed by atoms with E-state index in [9.17, 15) is 0 Å². The van der Waals surface area contributed by atoms with Crippen LogP contribution in [0, 0.1) is 5.41 Å². The highest BCUT2D eigenvalue weighted by Gasteiger charge is 2.50. The van der Waals surface area contributed by atoms with Crippen molar-refractivity contribution >= 4 is 0 Å². The van der Waals surface area contributed by atoms with Gasteiger partial charge < -0.3 is 5.32 Å². The Balaban J connectivity index is 1.90. The lowest BCUT2D eigenvalue weighted by Crippen LogP contribution is -2.36. The van der Waals surface area contributed by atoms with Gasteiger partial charge in [0, 0.05) is 12.5 Å². The van der Waals surface area contributed by atoms with E-state index in [4.69, 9.17) is 0 Å². The molecule has 0 aromatic heterocycles. The maximum Gasteiger partial charge on any atom is 0.00255 e. The van der Waals surface area contributed by atoms with Crippen LogP contribution < -0.4 is 5.32 Å². The zero-order chi connectivity index (χ0) is 9.43. The molecule has 1 aromatic rings. The number of benzene rings is 1. The summed E-state index contributed by atoms with van der Waals surface area (Å²) in [5, 5.41) is 3.53. The van der Waals surface area contributed by atoms with Crippen LogP contribution in [0.4, 0.5) is 0 Å². The zero-order valence-corrected chi connectivity index (χ0v) is 8.50. The van der Waals surface area contributed by atoms with Crippen LogP contribution in [0.3, 0.4) is 0 Å². The molecule has 1 saturated carbocycles. The van der Waals surface area contributed by atoms with Gasteiger partial charge in [-0.3, -0.25) is 0 Å². The molecule has 0 bridgehead atoms. The minimum Gasteiger partial charge on any atom is -0.316 e. The smallest absolute Gasteiger partial charge is 0.00255 e. The molecule has 1 unspecified atom stereocenters. The molecule has 1 nitrogen and oxygen atoms in total. The molecule has 1 atom stereocenters. The third-order valence-corrected chi connectivity index (χ3v) is 3.98. The predicted molar refractivity (Wildman–Crippen MR) is 58.3 cm³/mol. The van der Waals surface area contributed by atoms with Crippen LogP contribution in [0.5, 0.6) is 0 Å². The highest BCUT2D eigenvalue weighted by Crippen LogP contribution is 2.59. The highest BCUT2D eigenvalue weighted by molar-refractivity contribution is 5.26. The minimum absolute atomic E-state index is 0.687. The molecule has 1 aliphatic heterocycles. The SMILES string of the molecule is c1ccc(C2CNCCC23CC3)cc1. The van der Waals surface area contributed by atoms with Crippen LogP contribution in [0.15, 0.2) is 30.3 Å². The molecular weight excluding hydrogens is 170 g/mol. The monoisotopic (exact) mass is 187 g/mol. The van der Waals surface area contributed by atoms with Gasteiger partial charge in [-0.05, 0) is 36.8 Å². The summed E-state index contributed by atoms with van der Waals surface area (Å²) in [6.07, 6.45) is 4.29.